The molecule has 84 valence electrons. The highest BCUT2D eigenvalue weighted by atomic mass is 35.7. The van der Waals surface area contributed by atoms with Crippen molar-refractivity contribution in [1.82, 2.24) is 14.8 Å². The lowest BCUT2D eigenvalue weighted by Gasteiger charge is -2.02. The topological polar surface area (TPSA) is 64.8 Å². The molecule has 16 heavy (non-hydrogen) atoms. The maximum absolute atomic E-state index is 11.2. The number of halogens is 1. The predicted octanol–water partition coefficient (Wildman–Crippen LogP) is 1.41. The SMILES string of the molecule is Cn1ncnc1-c1cccc(S(=O)(=O)Cl)c1. The Labute approximate surface area is 97.1 Å². The van der Waals surface area contributed by atoms with Gasteiger partial charge in [0, 0.05) is 23.3 Å². The first-order chi connectivity index (χ1) is 7.48. The zero-order chi connectivity index (χ0) is 11.8. The van der Waals surface area contributed by atoms with Crippen LogP contribution in [0.3, 0.4) is 0 Å². The quantitative estimate of drug-likeness (QED) is 0.763. The molecule has 0 saturated carbocycles. The Morgan fingerprint density at radius 1 is 1.38 bits per heavy atom. The molecule has 1 heterocycles. The Morgan fingerprint density at radius 2 is 2.12 bits per heavy atom. The molecule has 1 aromatic heterocycles. The van der Waals surface area contributed by atoms with Crippen LogP contribution in [0.4, 0.5) is 0 Å². The van der Waals surface area contributed by atoms with E-state index < -0.39 is 9.05 Å². The molecule has 1 aromatic carbocycles. The van der Waals surface area contributed by atoms with Crippen molar-refractivity contribution in [3.8, 4) is 11.4 Å². The zero-order valence-corrected chi connectivity index (χ0v) is 9.90. The summed E-state index contributed by atoms with van der Waals surface area (Å²) in [6.45, 7) is 0. The minimum Gasteiger partial charge on any atom is -0.249 e. The van der Waals surface area contributed by atoms with Crippen LogP contribution in [-0.4, -0.2) is 23.2 Å². The van der Waals surface area contributed by atoms with Gasteiger partial charge in [0.15, 0.2) is 5.82 Å². The molecule has 0 aliphatic rings. The summed E-state index contributed by atoms with van der Waals surface area (Å²) in [5, 5.41) is 3.91. The maximum atomic E-state index is 11.2. The molecule has 0 atom stereocenters. The summed E-state index contributed by atoms with van der Waals surface area (Å²) >= 11 is 0. The largest absolute Gasteiger partial charge is 0.261 e. The van der Waals surface area contributed by atoms with E-state index in [0.717, 1.165) is 0 Å². The van der Waals surface area contributed by atoms with Crippen molar-refractivity contribution >= 4 is 19.7 Å². The van der Waals surface area contributed by atoms with Crippen molar-refractivity contribution in [2.75, 3.05) is 0 Å². The molecule has 0 bridgehead atoms. The van der Waals surface area contributed by atoms with Crippen molar-refractivity contribution in [1.29, 1.82) is 0 Å². The minimum absolute atomic E-state index is 0.0506. The van der Waals surface area contributed by atoms with Crippen LogP contribution in [0.1, 0.15) is 0 Å². The molecule has 0 saturated heterocycles. The van der Waals surface area contributed by atoms with E-state index in [1.807, 2.05) is 0 Å². The van der Waals surface area contributed by atoms with E-state index in [4.69, 9.17) is 10.7 Å². The van der Waals surface area contributed by atoms with Crippen molar-refractivity contribution in [3.63, 3.8) is 0 Å². The lowest BCUT2D eigenvalue weighted by Crippen LogP contribution is -1.96. The fraction of sp³-hybridized carbons (Fsp3) is 0.111. The van der Waals surface area contributed by atoms with Crippen LogP contribution in [0, 0.1) is 0 Å². The van der Waals surface area contributed by atoms with Crippen LogP contribution in [0.2, 0.25) is 0 Å². The van der Waals surface area contributed by atoms with Gasteiger partial charge in [-0.2, -0.15) is 5.10 Å². The van der Waals surface area contributed by atoms with Crippen molar-refractivity contribution in [2.45, 2.75) is 4.90 Å². The molecule has 0 fully saturated rings. The summed E-state index contributed by atoms with van der Waals surface area (Å²) in [5.74, 6) is 0.585. The van der Waals surface area contributed by atoms with Crippen LogP contribution in [0.25, 0.3) is 11.4 Å². The highest BCUT2D eigenvalue weighted by molar-refractivity contribution is 8.13. The fourth-order valence-corrected chi connectivity index (χ4v) is 2.14. The van der Waals surface area contributed by atoms with Crippen molar-refractivity contribution in [3.05, 3.63) is 30.6 Å². The summed E-state index contributed by atoms with van der Waals surface area (Å²) in [6, 6.07) is 6.25. The summed E-state index contributed by atoms with van der Waals surface area (Å²) in [5.41, 5.74) is 0.654. The van der Waals surface area contributed by atoms with Gasteiger partial charge in [0.05, 0.1) is 4.90 Å². The van der Waals surface area contributed by atoms with Gasteiger partial charge in [-0.1, -0.05) is 12.1 Å². The van der Waals surface area contributed by atoms with Crippen LogP contribution in [0.5, 0.6) is 0 Å². The Balaban J connectivity index is 2.57. The van der Waals surface area contributed by atoms with Gasteiger partial charge in [-0.15, -0.1) is 0 Å². The van der Waals surface area contributed by atoms with E-state index in [1.54, 1.807) is 23.9 Å². The Morgan fingerprint density at radius 3 is 2.69 bits per heavy atom. The van der Waals surface area contributed by atoms with E-state index in [0.29, 0.717) is 11.4 Å². The van der Waals surface area contributed by atoms with Crippen LogP contribution in [0.15, 0.2) is 35.5 Å². The van der Waals surface area contributed by atoms with E-state index in [2.05, 4.69) is 10.1 Å². The molecule has 0 unspecified atom stereocenters. The van der Waals surface area contributed by atoms with E-state index in [-0.39, 0.29) is 4.90 Å². The van der Waals surface area contributed by atoms with E-state index in [1.165, 1.54) is 18.5 Å². The molecular weight excluding hydrogens is 250 g/mol. The number of hydrogen-bond acceptors (Lipinski definition) is 4. The normalized spacial score (nSPS) is 11.6. The van der Waals surface area contributed by atoms with Gasteiger partial charge in [-0.3, -0.25) is 0 Å². The molecule has 0 radical (unpaired) electrons. The number of rotatable bonds is 2. The molecule has 5 nitrogen and oxygen atoms in total. The lowest BCUT2D eigenvalue weighted by molar-refractivity contribution is 0.609. The average molecular weight is 258 g/mol. The summed E-state index contributed by atoms with van der Waals surface area (Å²) in [4.78, 5) is 4.07. The standard InChI is InChI=1S/C9H8ClN3O2S/c1-13-9(11-6-12-13)7-3-2-4-8(5-7)16(10,14)15/h2-6H,1H3. The average Bonchev–Trinajstić information content (AvgIpc) is 2.63. The van der Waals surface area contributed by atoms with Crippen molar-refractivity contribution in [2.24, 2.45) is 7.05 Å². The number of nitrogens with zero attached hydrogens (tertiary/aromatic N) is 3. The zero-order valence-electron chi connectivity index (χ0n) is 8.33. The first kappa shape index (κ1) is 11.1. The van der Waals surface area contributed by atoms with Gasteiger partial charge in [0.25, 0.3) is 9.05 Å². The van der Waals surface area contributed by atoms with E-state index in [9.17, 15) is 8.42 Å². The molecule has 0 aliphatic heterocycles. The third kappa shape index (κ3) is 2.07. The third-order valence-electron chi connectivity index (χ3n) is 2.09. The molecule has 2 rings (SSSR count). The molecule has 0 spiro atoms. The summed E-state index contributed by atoms with van der Waals surface area (Å²) in [6.07, 6.45) is 1.40. The maximum Gasteiger partial charge on any atom is 0.261 e. The molecular formula is C9H8ClN3O2S. The van der Waals surface area contributed by atoms with Gasteiger partial charge in [-0.05, 0) is 12.1 Å². The van der Waals surface area contributed by atoms with Gasteiger partial charge >= 0.3 is 0 Å². The second kappa shape index (κ2) is 3.88. The predicted molar refractivity (Wildman–Crippen MR) is 59.5 cm³/mol. The Kier molecular flexibility index (Phi) is 2.69. The van der Waals surface area contributed by atoms with Gasteiger partial charge in [0.2, 0.25) is 0 Å². The van der Waals surface area contributed by atoms with Crippen LogP contribution >= 0.6 is 10.7 Å². The number of aryl methyl sites for hydroxylation is 1. The second-order valence-electron chi connectivity index (χ2n) is 3.17. The fourth-order valence-electron chi connectivity index (χ4n) is 1.34. The van der Waals surface area contributed by atoms with Gasteiger partial charge in [0.1, 0.15) is 6.33 Å². The van der Waals surface area contributed by atoms with Gasteiger partial charge in [-0.25, -0.2) is 18.1 Å². The smallest absolute Gasteiger partial charge is 0.249 e. The summed E-state index contributed by atoms with van der Waals surface area (Å²) < 4.78 is 23.9. The van der Waals surface area contributed by atoms with Gasteiger partial charge < -0.3 is 0 Å². The Bertz CT molecular complexity index is 621. The first-order valence-electron chi connectivity index (χ1n) is 4.37. The third-order valence-corrected chi connectivity index (χ3v) is 3.44. The highest BCUT2D eigenvalue weighted by Gasteiger charge is 2.12. The highest BCUT2D eigenvalue weighted by Crippen LogP contribution is 2.21. The molecule has 2 aromatic rings. The minimum atomic E-state index is -3.71. The second-order valence-corrected chi connectivity index (χ2v) is 5.74. The molecule has 7 heteroatoms. The van der Waals surface area contributed by atoms with Crippen LogP contribution in [-0.2, 0) is 16.1 Å². The monoisotopic (exact) mass is 257 g/mol. The number of hydrogen-bond donors (Lipinski definition) is 0. The molecule has 0 amide bonds. The molecule has 0 aliphatic carbocycles. The molecule has 0 N–H and O–H groups in total. The Hall–Kier alpha value is -1.40. The van der Waals surface area contributed by atoms with E-state index >= 15 is 0 Å². The number of benzene rings is 1. The van der Waals surface area contributed by atoms with Crippen molar-refractivity contribution < 1.29 is 8.42 Å². The first-order valence-corrected chi connectivity index (χ1v) is 6.68. The summed E-state index contributed by atoms with van der Waals surface area (Å²) in [7, 11) is 3.27. The lowest BCUT2D eigenvalue weighted by atomic mass is 10.2. The number of aromatic nitrogens is 3. The van der Waals surface area contributed by atoms with Crippen LogP contribution < -0.4 is 0 Å².